The average Bonchev–Trinajstić information content (AvgIpc) is 2.68. The summed E-state index contributed by atoms with van der Waals surface area (Å²) < 4.78 is 31.1. The van der Waals surface area contributed by atoms with Gasteiger partial charge in [-0.3, -0.25) is 9.59 Å². The molecule has 0 radical (unpaired) electrons. The summed E-state index contributed by atoms with van der Waals surface area (Å²) in [5.74, 6) is -0.309. The number of rotatable bonds is 8. The van der Waals surface area contributed by atoms with Gasteiger partial charge in [-0.25, -0.2) is 12.7 Å². The number of ether oxygens (including phenoxy) is 1. The van der Waals surface area contributed by atoms with E-state index in [1.165, 1.54) is 33.3 Å². The van der Waals surface area contributed by atoms with Gasteiger partial charge in [0.05, 0.1) is 7.11 Å². The van der Waals surface area contributed by atoms with Crippen LogP contribution in [0.4, 0.5) is 5.69 Å². The lowest BCUT2D eigenvalue weighted by Crippen LogP contribution is -2.23. The third kappa shape index (κ3) is 5.42. The second kappa shape index (κ2) is 9.19. The Labute approximate surface area is 171 Å². The second-order valence-corrected chi connectivity index (χ2v) is 9.04. The lowest BCUT2D eigenvalue weighted by atomic mass is 10.0. The van der Waals surface area contributed by atoms with Gasteiger partial charge in [-0.2, -0.15) is 0 Å². The van der Waals surface area contributed by atoms with E-state index in [4.69, 9.17) is 4.74 Å². The van der Waals surface area contributed by atoms with Crippen LogP contribution in [0.3, 0.4) is 0 Å². The minimum Gasteiger partial charge on any atom is -0.495 e. The second-order valence-electron chi connectivity index (χ2n) is 6.92. The molecular formula is C21H26N2O5S. The van der Waals surface area contributed by atoms with Crippen LogP contribution in [0.25, 0.3) is 0 Å². The summed E-state index contributed by atoms with van der Waals surface area (Å²) in [5.41, 5.74) is 3.01. The van der Waals surface area contributed by atoms with Gasteiger partial charge >= 0.3 is 0 Å². The van der Waals surface area contributed by atoms with Gasteiger partial charge in [0.15, 0.2) is 5.78 Å². The first-order chi connectivity index (χ1) is 13.6. The van der Waals surface area contributed by atoms with Crippen LogP contribution in [0, 0.1) is 13.8 Å². The van der Waals surface area contributed by atoms with E-state index in [2.05, 4.69) is 5.32 Å². The molecule has 0 unspecified atom stereocenters. The third-order valence-corrected chi connectivity index (χ3v) is 6.45. The van der Waals surface area contributed by atoms with Crippen LogP contribution in [0.5, 0.6) is 5.75 Å². The van der Waals surface area contributed by atoms with Crippen molar-refractivity contribution in [1.82, 2.24) is 4.31 Å². The zero-order valence-electron chi connectivity index (χ0n) is 17.3. The number of nitrogens with one attached hydrogen (secondary N) is 1. The first-order valence-electron chi connectivity index (χ1n) is 9.07. The number of hydrogen-bond acceptors (Lipinski definition) is 5. The molecule has 0 fully saturated rings. The van der Waals surface area contributed by atoms with Crippen LogP contribution >= 0.6 is 0 Å². The van der Waals surface area contributed by atoms with E-state index in [1.54, 1.807) is 12.1 Å². The largest absolute Gasteiger partial charge is 0.495 e. The lowest BCUT2D eigenvalue weighted by molar-refractivity contribution is -0.116. The highest BCUT2D eigenvalue weighted by Gasteiger charge is 2.23. The summed E-state index contributed by atoms with van der Waals surface area (Å²) in [6.45, 7) is 3.90. The molecule has 2 rings (SSSR count). The van der Waals surface area contributed by atoms with Crippen LogP contribution in [0.2, 0.25) is 0 Å². The third-order valence-electron chi connectivity index (χ3n) is 4.61. The number of anilines is 1. The van der Waals surface area contributed by atoms with Crippen molar-refractivity contribution < 1.29 is 22.7 Å². The van der Waals surface area contributed by atoms with Crippen molar-refractivity contribution in [1.29, 1.82) is 0 Å². The van der Waals surface area contributed by atoms with Gasteiger partial charge in [-0.1, -0.05) is 12.1 Å². The number of ketones is 1. The molecule has 0 saturated heterocycles. The number of sulfonamides is 1. The fourth-order valence-electron chi connectivity index (χ4n) is 2.66. The summed E-state index contributed by atoms with van der Waals surface area (Å²) in [6, 6.07) is 9.83. The Bertz CT molecular complexity index is 1030. The highest BCUT2D eigenvalue weighted by Crippen LogP contribution is 2.29. The Morgan fingerprint density at radius 3 is 2.28 bits per heavy atom. The summed E-state index contributed by atoms with van der Waals surface area (Å²) in [6.07, 6.45) is 0.0564. The van der Waals surface area contributed by atoms with E-state index >= 15 is 0 Å². The SMILES string of the molecule is COc1ccc(NC(=O)CCC(=O)c2ccc(C)c(C)c2)cc1S(=O)(=O)N(C)C. The van der Waals surface area contributed by atoms with Crippen molar-refractivity contribution in [3.05, 3.63) is 53.1 Å². The number of methoxy groups -OCH3 is 1. The molecule has 0 saturated carbocycles. The molecule has 0 bridgehead atoms. The van der Waals surface area contributed by atoms with Crippen LogP contribution in [-0.4, -0.2) is 45.6 Å². The standard InChI is InChI=1S/C21H26N2O5S/c1-14-6-7-16(12-15(14)2)18(24)9-11-21(25)22-17-8-10-19(28-5)20(13-17)29(26,27)23(3)4/h6-8,10,12-13H,9,11H2,1-5H3,(H,22,25). The average molecular weight is 419 g/mol. The van der Waals surface area contributed by atoms with Crippen molar-refractivity contribution >= 4 is 27.4 Å². The molecule has 0 aliphatic carbocycles. The number of Topliss-reactive ketones (excluding diaryl/α,β-unsaturated/α-hetero) is 1. The summed E-state index contributed by atoms with van der Waals surface area (Å²) in [5, 5.41) is 2.64. The van der Waals surface area contributed by atoms with E-state index in [1.807, 2.05) is 26.0 Å². The summed E-state index contributed by atoms with van der Waals surface area (Å²) >= 11 is 0. The number of hydrogen-bond donors (Lipinski definition) is 1. The summed E-state index contributed by atoms with van der Waals surface area (Å²) in [7, 11) is 0.461. The highest BCUT2D eigenvalue weighted by atomic mass is 32.2. The van der Waals surface area contributed by atoms with Gasteiger partial charge in [-0.05, 0) is 49.2 Å². The quantitative estimate of drug-likeness (QED) is 0.665. The van der Waals surface area contributed by atoms with E-state index in [0.29, 0.717) is 11.3 Å². The number of amides is 1. The lowest BCUT2D eigenvalue weighted by Gasteiger charge is -2.16. The first-order valence-corrected chi connectivity index (χ1v) is 10.5. The molecule has 0 aliphatic heterocycles. The van der Waals surface area contributed by atoms with Crippen LogP contribution in [-0.2, 0) is 14.8 Å². The first kappa shape index (κ1) is 22.6. The Morgan fingerprint density at radius 1 is 1.00 bits per heavy atom. The summed E-state index contributed by atoms with van der Waals surface area (Å²) in [4.78, 5) is 24.5. The highest BCUT2D eigenvalue weighted by molar-refractivity contribution is 7.89. The van der Waals surface area contributed by atoms with Gasteiger partial charge in [0.25, 0.3) is 0 Å². The van der Waals surface area contributed by atoms with Gasteiger partial charge in [0.1, 0.15) is 10.6 Å². The maximum absolute atomic E-state index is 12.5. The van der Waals surface area contributed by atoms with E-state index in [-0.39, 0.29) is 35.2 Å². The van der Waals surface area contributed by atoms with Crippen LogP contribution < -0.4 is 10.1 Å². The predicted octanol–water partition coefficient (Wildman–Crippen LogP) is 3.16. The number of benzene rings is 2. The van der Waals surface area contributed by atoms with Crippen LogP contribution in [0.15, 0.2) is 41.3 Å². The normalized spacial score (nSPS) is 11.4. The number of carbonyl (C=O) groups is 2. The Hall–Kier alpha value is -2.71. The monoisotopic (exact) mass is 418 g/mol. The molecule has 156 valence electrons. The molecule has 0 aromatic heterocycles. The molecule has 29 heavy (non-hydrogen) atoms. The predicted molar refractivity (Wildman–Crippen MR) is 112 cm³/mol. The topological polar surface area (TPSA) is 92.8 Å². The minimum absolute atomic E-state index is 0.00640. The van der Waals surface area contributed by atoms with Gasteiger partial charge in [0.2, 0.25) is 15.9 Å². The molecule has 7 nitrogen and oxygen atoms in total. The number of carbonyl (C=O) groups excluding carboxylic acids is 2. The molecule has 2 aromatic carbocycles. The van der Waals surface area contributed by atoms with Gasteiger partial charge in [-0.15, -0.1) is 0 Å². The van der Waals surface area contributed by atoms with Crippen molar-refractivity contribution in [2.24, 2.45) is 0 Å². The van der Waals surface area contributed by atoms with Crippen LogP contribution in [0.1, 0.15) is 34.3 Å². The molecular weight excluding hydrogens is 392 g/mol. The van der Waals surface area contributed by atoms with Crippen molar-refractivity contribution in [2.75, 3.05) is 26.5 Å². The molecule has 0 spiro atoms. The van der Waals surface area contributed by atoms with Crippen molar-refractivity contribution in [2.45, 2.75) is 31.6 Å². The Morgan fingerprint density at radius 2 is 1.69 bits per heavy atom. The van der Waals surface area contributed by atoms with E-state index < -0.39 is 10.0 Å². The zero-order valence-corrected chi connectivity index (χ0v) is 18.1. The Kier molecular flexibility index (Phi) is 7.16. The Balaban J connectivity index is 2.09. The fraction of sp³-hybridized carbons (Fsp3) is 0.333. The maximum atomic E-state index is 12.5. The molecule has 0 atom stereocenters. The molecule has 1 amide bonds. The smallest absolute Gasteiger partial charge is 0.246 e. The number of aryl methyl sites for hydroxylation is 2. The molecule has 0 heterocycles. The zero-order chi connectivity index (χ0) is 21.8. The van der Waals surface area contributed by atoms with E-state index in [0.717, 1.165) is 15.4 Å². The maximum Gasteiger partial charge on any atom is 0.246 e. The molecule has 0 aliphatic rings. The van der Waals surface area contributed by atoms with Gasteiger partial charge in [0, 0.05) is 38.2 Å². The van der Waals surface area contributed by atoms with Crippen molar-refractivity contribution in [3.63, 3.8) is 0 Å². The van der Waals surface area contributed by atoms with E-state index in [9.17, 15) is 18.0 Å². The fourth-order valence-corrected chi connectivity index (χ4v) is 3.74. The minimum atomic E-state index is -3.74. The molecule has 2 aromatic rings. The van der Waals surface area contributed by atoms with Gasteiger partial charge < -0.3 is 10.1 Å². The van der Waals surface area contributed by atoms with Crippen molar-refractivity contribution in [3.8, 4) is 5.75 Å². The molecule has 8 heteroatoms. The molecule has 1 N–H and O–H groups in total. The number of nitrogens with zero attached hydrogens (tertiary/aromatic N) is 1.